The molecule has 1 N–H and O–H groups in total. The Morgan fingerprint density at radius 1 is 0.447 bits per heavy atom. The number of hydrogen-bond donors (Lipinski definition) is 1. The van der Waals surface area contributed by atoms with Gasteiger partial charge in [0.05, 0.1) is 0 Å². The minimum absolute atomic E-state index is 0.303. The van der Waals surface area contributed by atoms with Crippen LogP contribution in [0.3, 0.4) is 0 Å². The molecule has 0 saturated heterocycles. The highest BCUT2D eigenvalue weighted by atomic mass is 16.3. The first-order valence-corrected chi connectivity index (χ1v) is 15.8. The quantitative estimate of drug-likeness (QED) is 0.213. The molecule has 0 amide bonds. The van der Waals surface area contributed by atoms with Gasteiger partial charge in [-0.2, -0.15) is 0 Å². The molecule has 1 aromatic heterocycles. The number of nitrogens with zero attached hydrogens (tertiary/aromatic N) is 2. The number of nitrogens with one attached hydrogen (secondary N) is 1. The molecule has 1 atom stereocenters. The summed E-state index contributed by atoms with van der Waals surface area (Å²) in [4.78, 5) is 10.2. The van der Waals surface area contributed by atoms with E-state index in [0.717, 1.165) is 50.0 Å². The van der Waals surface area contributed by atoms with Crippen LogP contribution >= 0.6 is 0 Å². The molecule has 0 radical (unpaired) electrons. The van der Waals surface area contributed by atoms with Gasteiger partial charge in [-0.3, -0.25) is 0 Å². The van der Waals surface area contributed by atoms with Gasteiger partial charge in [0.2, 0.25) is 0 Å². The molecule has 0 saturated carbocycles. The van der Waals surface area contributed by atoms with Gasteiger partial charge < -0.3 is 9.73 Å². The Balaban J connectivity index is 1.09. The van der Waals surface area contributed by atoms with Crippen molar-refractivity contribution in [2.75, 3.05) is 0 Å². The maximum absolute atomic E-state index is 6.43. The fourth-order valence-electron chi connectivity index (χ4n) is 6.45. The van der Waals surface area contributed by atoms with Gasteiger partial charge in [-0.15, -0.1) is 0 Å². The fourth-order valence-corrected chi connectivity index (χ4v) is 6.45. The first kappa shape index (κ1) is 27.1. The van der Waals surface area contributed by atoms with Crippen molar-refractivity contribution < 1.29 is 4.42 Å². The van der Waals surface area contributed by atoms with E-state index in [1.54, 1.807) is 0 Å². The molecule has 8 aromatic rings. The minimum atomic E-state index is -0.303. The van der Waals surface area contributed by atoms with Crippen molar-refractivity contribution in [3.05, 3.63) is 180 Å². The van der Waals surface area contributed by atoms with E-state index in [2.05, 4.69) is 145 Å². The van der Waals surface area contributed by atoms with Crippen LogP contribution in [0.4, 0.5) is 0 Å². The van der Waals surface area contributed by atoms with E-state index in [4.69, 9.17) is 14.4 Å². The van der Waals surface area contributed by atoms with Crippen molar-refractivity contribution in [3.8, 4) is 22.3 Å². The molecule has 4 nitrogen and oxygen atoms in total. The molecule has 47 heavy (non-hydrogen) atoms. The molecule has 1 unspecified atom stereocenters. The maximum Gasteiger partial charge on any atom is 0.159 e. The average molecular weight is 604 g/mol. The summed E-state index contributed by atoms with van der Waals surface area (Å²) >= 11 is 0. The summed E-state index contributed by atoms with van der Waals surface area (Å²) in [6, 6.07) is 57.0. The average Bonchev–Trinajstić information content (AvgIpc) is 3.52. The molecule has 222 valence electrons. The molecule has 0 fully saturated rings. The van der Waals surface area contributed by atoms with Crippen molar-refractivity contribution in [1.82, 2.24) is 5.32 Å². The molecule has 0 spiro atoms. The summed E-state index contributed by atoms with van der Waals surface area (Å²) in [5.41, 5.74) is 9.32. The Labute approximate surface area is 272 Å². The molecular formula is C43H29N3O. The third-order valence-corrected chi connectivity index (χ3v) is 8.94. The summed E-state index contributed by atoms with van der Waals surface area (Å²) in [6.45, 7) is 0. The van der Waals surface area contributed by atoms with Crippen LogP contribution in [0.5, 0.6) is 0 Å². The smallest absolute Gasteiger partial charge is 0.159 e. The molecule has 9 rings (SSSR count). The molecule has 0 aliphatic carbocycles. The summed E-state index contributed by atoms with van der Waals surface area (Å²) in [5.74, 6) is 1.45. The van der Waals surface area contributed by atoms with Gasteiger partial charge in [-0.1, -0.05) is 133 Å². The van der Waals surface area contributed by atoms with E-state index in [0.29, 0.717) is 5.84 Å². The lowest BCUT2D eigenvalue weighted by Gasteiger charge is -2.24. The molecule has 2 heterocycles. The predicted molar refractivity (Wildman–Crippen MR) is 194 cm³/mol. The Bertz CT molecular complexity index is 2480. The molecule has 1 aliphatic rings. The topological polar surface area (TPSA) is 49.9 Å². The zero-order valence-electron chi connectivity index (χ0n) is 25.5. The lowest BCUT2D eigenvalue weighted by Crippen LogP contribution is -2.33. The van der Waals surface area contributed by atoms with Gasteiger partial charge in [0, 0.05) is 21.9 Å². The second-order valence-corrected chi connectivity index (χ2v) is 11.9. The Morgan fingerprint density at radius 3 is 1.74 bits per heavy atom. The largest absolute Gasteiger partial charge is 0.456 e. The highest BCUT2D eigenvalue weighted by Crippen LogP contribution is 2.34. The summed E-state index contributed by atoms with van der Waals surface area (Å²) in [7, 11) is 0. The lowest BCUT2D eigenvalue weighted by molar-refractivity contribution is 0.667. The predicted octanol–water partition coefficient (Wildman–Crippen LogP) is 10.6. The third-order valence-electron chi connectivity index (χ3n) is 8.94. The van der Waals surface area contributed by atoms with Crippen molar-refractivity contribution in [2.24, 2.45) is 9.98 Å². The van der Waals surface area contributed by atoms with E-state index in [1.165, 1.54) is 27.5 Å². The normalized spacial score (nSPS) is 14.6. The maximum atomic E-state index is 6.43. The fraction of sp³-hybridized carbons (Fsp3) is 0.0233. The SMILES string of the molecule is c1ccc(C2=NC(c3ccc4c(c3)oc3cc(-c5ccccc5)ccc34)=NC(c3ccc(-c4ccc5ccccc5c4)cc3)N2)cc1. The number of furan rings is 1. The van der Waals surface area contributed by atoms with Crippen LogP contribution in [0.2, 0.25) is 0 Å². The third kappa shape index (κ3) is 5.06. The summed E-state index contributed by atoms with van der Waals surface area (Å²) in [6.07, 6.45) is -0.303. The van der Waals surface area contributed by atoms with Gasteiger partial charge in [0.25, 0.3) is 0 Å². The van der Waals surface area contributed by atoms with E-state index in [1.807, 2.05) is 24.3 Å². The Kier molecular flexibility index (Phi) is 6.50. The monoisotopic (exact) mass is 603 g/mol. The zero-order valence-corrected chi connectivity index (χ0v) is 25.5. The standard InChI is InChI=1S/C43H29N3O/c1-3-9-28(10-4-1)35-21-23-37-38-24-22-36(27-40(38)47-39(37)26-35)43-45-41(31-12-5-2-6-13-31)44-42(46-43)32-18-15-30(16-19-32)34-20-17-29-11-7-8-14-33(29)25-34/h1-27,42H,(H,44,45,46). The van der Waals surface area contributed by atoms with E-state index in [9.17, 15) is 0 Å². The van der Waals surface area contributed by atoms with Crippen molar-refractivity contribution in [1.29, 1.82) is 0 Å². The number of hydrogen-bond acceptors (Lipinski definition) is 4. The van der Waals surface area contributed by atoms with Gasteiger partial charge in [0.1, 0.15) is 23.2 Å². The van der Waals surface area contributed by atoms with Crippen molar-refractivity contribution >= 4 is 44.4 Å². The number of fused-ring (bicyclic) bond motifs is 4. The van der Waals surface area contributed by atoms with Crippen LogP contribution in [-0.4, -0.2) is 11.7 Å². The number of benzene rings is 7. The number of rotatable bonds is 5. The van der Waals surface area contributed by atoms with Gasteiger partial charge >= 0.3 is 0 Å². The van der Waals surface area contributed by atoms with Crippen LogP contribution in [0.15, 0.2) is 178 Å². The number of amidine groups is 2. The van der Waals surface area contributed by atoms with Crippen molar-refractivity contribution in [3.63, 3.8) is 0 Å². The molecule has 4 heteroatoms. The molecule has 1 aliphatic heterocycles. The Hall–Kier alpha value is -6.26. The van der Waals surface area contributed by atoms with Crippen LogP contribution in [0.25, 0.3) is 55.0 Å². The van der Waals surface area contributed by atoms with Crippen LogP contribution in [0, 0.1) is 0 Å². The number of aliphatic imine (C=N–C) groups is 2. The van der Waals surface area contributed by atoms with Crippen LogP contribution < -0.4 is 5.32 Å². The molecule has 0 bridgehead atoms. The van der Waals surface area contributed by atoms with Gasteiger partial charge in [-0.05, 0) is 68.9 Å². The van der Waals surface area contributed by atoms with Crippen LogP contribution in [-0.2, 0) is 0 Å². The van der Waals surface area contributed by atoms with E-state index >= 15 is 0 Å². The van der Waals surface area contributed by atoms with E-state index < -0.39 is 0 Å². The highest BCUT2D eigenvalue weighted by Gasteiger charge is 2.22. The van der Waals surface area contributed by atoms with Crippen molar-refractivity contribution in [2.45, 2.75) is 6.17 Å². The minimum Gasteiger partial charge on any atom is -0.456 e. The molecular weight excluding hydrogens is 574 g/mol. The second kappa shape index (κ2) is 11.3. The Morgan fingerprint density at radius 2 is 1.00 bits per heavy atom. The molecule has 7 aromatic carbocycles. The lowest BCUT2D eigenvalue weighted by atomic mass is 9.99. The van der Waals surface area contributed by atoms with Gasteiger partial charge in [-0.25, -0.2) is 9.98 Å². The van der Waals surface area contributed by atoms with E-state index in [-0.39, 0.29) is 6.17 Å². The first-order valence-electron chi connectivity index (χ1n) is 15.8. The highest BCUT2D eigenvalue weighted by molar-refractivity contribution is 6.15. The summed E-state index contributed by atoms with van der Waals surface area (Å²) in [5, 5.41) is 8.23. The van der Waals surface area contributed by atoms with Gasteiger partial charge in [0.15, 0.2) is 5.84 Å². The first-order chi connectivity index (χ1) is 23.2. The zero-order chi connectivity index (χ0) is 31.2. The van der Waals surface area contributed by atoms with Crippen LogP contribution in [0.1, 0.15) is 22.9 Å². The second-order valence-electron chi connectivity index (χ2n) is 11.9. The summed E-state index contributed by atoms with van der Waals surface area (Å²) < 4.78 is 6.43.